The second-order valence-electron chi connectivity index (χ2n) is 13.3. The number of alkyl carbamates (subject to hydrolysis) is 1. The van der Waals surface area contributed by atoms with Crippen LogP contribution in [0.5, 0.6) is 0 Å². The maximum Gasteiger partial charge on any atom is 0.407 e. The van der Waals surface area contributed by atoms with Crippen molar-refractivity contribution in [1.82, 2.24) is 19.9 Å². The van der Waals surface area contributed by atoms with Gasteiger partial charge < -0.3 is 39.7 Å². The van der Waals surface area contributed by atoms with Crippen LogP contribution in [0.4, 0.5) is 10.8 Å². The minimum Gasteiger partial charge on any atom is -0.443 e. The molecule has 4 heterocycles. The van der Waals surface area contributed by atoms with Crippen LogP contribution in [0.25, 0.3) is 11.1 Å². The summed E-state index contributed by atoms with van der Waals surface area (Å²) in [4.78, 5) is 17.8. The van der Waals surface area contributed by atoms with Gasteiger partial charge in [0.1, 0.15) is 11.6 Å². The number of carbonyl (C=O) groups is 1. The van der Waals surface area contributed by atoms with Crippen LogP contribution >= 0.6 is 0 Å². The molecule has 4 N–H and O–H groups in total. The zero-order valence-electron chi connectivity index (χ0n) is 26.6. The Morgan fingerprint density at radius 1 is 1.21 bits per heavy atom. The number of anilines is 1. The molecule has 3 aromatic rings. The molecular weight excluding hydrogens is 626 g/mol. The van der Waals surface area contributed by atoms with Gasteiger partial charge in [0.2, 0.25) is 10.0 Å². The highest BCUT2D eigenvalue weighted by atomic mass is 32.2. The van der Waals surface area contributed by atoms with Gasteiger partial charge >= 0.3 is 6.09 Å². The third-order valence-corrected chi connectivity index (χ3v) is 12.1. The van der Waals surface area contributed by atoms with Gasteiger partial charge in [0.25, 0.3) is 6.01 Å². The summed E-state index contributed by atoms with van der Waals surface area (Å²) in [6, 6.07) is 13.5. The molecule has 13 nitrogen and oxygen atoms in total. The van der Waals surface area contributed by atoms with Gasteiger partial charge in [0, 0.05) is 38.0 Å². The summed E-state index contributed by atoms with van der Waals surface area (Å²) in [5.41, 5.74) is 1.73. The Bertz CT molecular complexity index is 1660. The lowest BCUT2D eigenvalue weighted by atomic mass is 9.70. The molecule has 47 heavy (non-hydrogen) atoms. The van der Waals surface area contributed by atoms with Gasteiger partial charge in [-0.2, -0.15) is 9.29 Å². The highest BCUT2D eigenvalue weighted by molar-refractivity contribution is 7.89. The van der Waals surface area contributed by atoms with Crippen LogP contribution in [0.3, 0.4) is 0 Å². The van der Waals surface area contributed by atoms with Crippen molar-refractivity contribution in [2.24, 2.45) is 23.7 Å². The molecule has 0 radical (unpaired) electrons. The van der Waals surface area contributed by atoms with Crippen molar-refractivity contribution in [1.29, 1.82) is 0 Å². The number of sulfonamides is 1. The van der Waals surface area contributed by atoms with Gasteiger partial charge in [-0.15, -0.1) is 0 Å². The average molecular weight is 670 g/mol. The minimum atomic E-state index is -4.09. The number of rotatable bonds is 12. The summed E-state index contributed by atoms with van der Waals surface area (Å²) in [5.74, 6) is 0.675. The number of fused-ring (bicyclic) bond motifs is 3. The Morgan fingerprint density at radius 2 is 2.04 bits per heavy atom. The lowest BCUT2D eigenvalue weighted by Gasteiger charge is -2.42. The SMILES string of the molecule is CNc1nc2ccc(S(=O)(=O)N(CC3CCNC3)C[C@@H](O)[C@H](Cc3ccccc3)NC(=O)OC3C4CC5C(OCC3[C@@H]5C)O4)cc2o1. The molecule has 1 amide bonds. The van der Waals surface area contributed by atoms with Crippen molar-refractivity contribution in [2.75, 3.05) is 45.2 Å². The summed E-state index contributed by atoms with van der Waals surface area (Å²) < 4.78 is 53.3. The molecule has 2 aromatic carbocycles. The Labute approximate surface area is 274 Å². The first-order valence-electron chi connectivity index (χ1n) is 16.4. The van der Waals surface area contributed by atoms with Crippen LogP contribution in [0.1, 0.15) is 25.3 Å². The number of nitrogens with one attached hydrogen (secondary N) is 3. The monoisotopic (exact) mass is 669 g/mol. The van der Waals surface area contributed by atoms with Gasteiger partial charge in [0.15, 0.2) is 11.9 Å². The number of aliphatic hydroxyl groups excluding tert-OH is 1. The largest absolute Gasteiger partial charge is 0.443 e. The van der Waals surface area contributed by atoms with E-state index in [9.17, 15) is 18.3 Å². The first kappa shape index (κ1) is 32.3. The molecule has 6 unspecified atom stereocenters. The third kappa shape index (κ3) is 6.59. The average Bonchev–Trinajstić information content (AvgIpc) is 3.80. The zero-order valence-corrected chi connectivity index (χ0v) is 27.4. The second kappa shape index (κ2) is 13.3. The predicted octanol–water partition coefficient (Wildman–Crippen LogP) is 2.56. The van der Waals surface area contributed by atoms with Crippen LogP contribution in [-0.4, -0.2) is 99.4 Å². The lowest BCUT2D eigenvalue weighted by Crippen LogP contribution is -2.54. The van der Waals surface area contributed by atoms with Gasteiger partial charge in [0.05, 0.1) is 29.8 Å². The van der Waals surface area contributed by atoms with E-state index in [1.807, 2.05) is 30.3 Å². The van der Waals surface area contributed by atoms with E-state index in [4.69, 9.17) is 18.6 Å². The molecule has 1 aliphatic carbocycles. The van der Waals surface area contributed by atoms with Crippen molar-refractivity contribution in [3.8, 4) is 0 Å². The molecule has 3 bridgehead atoms. The number of benzene rings is 2. The Hall–Kier alpha value is -3.27. The van der Waals surface area contributed by atoms with Crippen LogP contribution in [-0.2, 0) is 30.7 Å². The lowest BCUT2D eigenvalue weighted by molar-refractivity contribution is -0.167. The molecule has 14 heteroatoms. The Balaban J connectivity index is 1.12. The smallest absolute Gasteiger partial charge is 0.407 e. The van der Waals surface area contributed by atoms with Crippen molar-refractivity contribution in [3.63, 3.8) is 0 Å². The number of oxazole rings is 1. The first-order chi connectivity index (χ1) is 22.7. The van der Waals surface area contributed by atoms with Gasteiger partial charge in [-0.1, -0.05) is 37.3 Å². The van der Waals surface area contributed by atoms with Crippen molar-refractivity contribution in [2.45, 2.75) is 61.7 Å². The Kier molecular flexibility index (Phi) is 9.15. The second-order valence-corrected chi connectivity index (χ2v) is 15.2. The Morgan fingerprint density at radius 3 is 2.81 bits per heavy atom. The normalized spacial score (nSPS) is 29.7. The van der Waals surface area contributed by atoms with Crippen LogP contribution < -0.4 is 16.0 Å². The van der Waals surface area contributed by atoms with E-state index in [0.29, 0.717) is 36.1 Å². The summed E-state index contributed by atoms with van der Waals surface area (Å²) in [5, 5.41) is 20.8. The molecule has 1 saturated carbocycles. The van der Waals surface area contributed by atoms with E-state index >= 15 is 0 Å². The van der Waals surface area contributed by atoms with E-state index in [2.05, 4.69) is 27.9 Å². The number of ether oxygens (including phenoxy) is 3. The quantitative estimate of drug-likeness (QED) is 0.224. The van der Waals surface area contributed by atoms with Gasteiger partial charge in [-0.3, -0.25) is 0 Å². The van der Waals surface area contributed by atoms with Crippen molar-refractivity contribution < 1.29 is 36.9 Å². The van der Waals surface area contributed by atoms with Crippen LogP contribution in [0, 0.1) is 23.7 Å². The maximum atomic E-state index is 14.2. The molecule has 4 fully saturated rings. The number of nitrogens with zero attached hydrogens (tertiary/aromatic N) is 2. The molecule has 1 aromatic heterocycles. The summed E-state index contributed by atoms with van der Waals surface area (Å²) in [6.45, 7) is 4.04. The summed E-state index contributed by atoms with van der Waals surface area (Å²) >= 11 is 0. The van der Waals surface area contributed by atoms with Crippen molar-refractivity contribution >= 4 is 33.2 Å². The first-order valence-corrected chi connectivity index (χ1v) is 17.9. The van der Waals surface area contributed by atoms with Gasteiger partial charge in [-0.05, 0) is 61.9 Å². The number of carbonyl (C=O) groups excluding carboxylic acids is 1. The van der Waals surface area contributed by atoms with Crippen LogP contribution in [0.15, 0.2) is 57.8 Å². The molecule has 7 rings (SSSR count). The molecule has 4 aliphatic rings. The summed E-state index contributed by atoms with van der Waals surface area (Å²) in [6.07, 6.45) is -1.04. The van der Waals surface area contributed by atoms with Crippen molar-refractivity contribution in [3.05, 3.63) is 54.1 Å². The fraction of sp³-hybridized carbons (Fsp3) is 0.576. The number of hydrogen-bond acceptors (Lipinski definition) is 11. The van der Waals surface area contributed by atoms with E-state index in [-0.39, 0.29) is 54.7 Å². The number of hydrogen-bond donors (Lipinski definition) is 4. The van der Waals surface area contributed by atoms with E-state index in [0.717, 1.165) is 24.9 Å². The van der Waals surface area contributed by atoms with Gasteiger partial charge in [-0.25, -0.2) is 13.2 Å². The number of aliphatic hydroxyl groups is 1. The standard InChI is InChI=1S/C33H43N5O8S/c1-19-23-14-29-30(24(19)18-43-31(23)44-29)46-33(40)37-26(12-20-6-4-3-5-7-20)27(39)17-38(16-21-10-11-35-15-21)47(41,42)22-8-9-25-28(13-22)45-32(34-2)36-25/h3-9,13,19,21,23-24,26-27,29-31,35,39H,10-12,14-18H2,1-2H3,(H,34,36)(H,37,40)/t19-,21?,23?,24?,26+,27-,29?,30?,31?/m1/s1. The molecule has 3 saturated heterocycles. The fourth-order valence-electron chi connectivity index (χ4n) is 7.60. The number of aromatic nitrogens is 1. The highest BCUT2D eigenvalue weighted by Crippen LogP contribution is 2.50. The predicted molar refractivity (Wildman–Crippen MR) is 172 cm³/mol. The molecular formula is C33H43N5O8S. The minimum absolute atomic E-state index is 0.0206. The maximum absolute atomic E-state index is 14.2. The molecule has 0 spiro atoms. The van der Waals surface area contributed by atoms with Crippen LogP contribution in [0.2, 0.25) is 0 Å². The summed E-state index contributed by atoms with van der Waals surface area (Å²) in [7, 11) is -2.42. The highest BCUT2D eigenvalue weighted by Gasteiger charge is 2.57. The van der Waals surface area contributed by atoms with E-state index in [1.54, 1.807) is 13.1 Å². The fourth-order valence-corrected chi connectivity index (χ4v) is 9.15. The third-order valence-electron chi connectivity index (χ3n) is 10.3. The number of amides is 1. The topological polar surface area (TPSA) is 164 Å². The zero-order chi connectivity index (χ0) is 32.7. The van der Waals surface area contributed by atoms with E-state index in [1.165, 1.54) is 16.4 Å². The molecule has 3 aliphatic heterocycles. The molecule has 9 atom stereocenters. The molecule has 254 valence electrons. The van der Waals surface area contributed by atoms with E-state index < -0.39 is 34.4 Å².